The summed E-state index contributed by atoms with van der Waals surface area (Å²) < 4.78 is 1.92. The van der Waals surface area contributed by atoms with Crippen LogP contribution >= 0.6 is 0 Å². The summed E-state index contributed by atoms with van der Waals surface area (Å²) in [5.41, 5.74) is 0.884. The van der Waals surface area contributed by atoms with Crippen LogP contribution in [-0.4, -0.2) is 25.2 Å². The van der Waals surface area contributed by atoms with Crippen LogP contribution in [0.25, 0.3) is 10.9 Å². The highest BCUT2D eigenvalue weighted by molar-refractivity contribution is 5.78. The van der Waals surface area contributed by atoms with E-state index in [0.717, 1.165) is 5.52 Å². The molecule has 1 aromatic carbocycles. The minimum Gasteiger partial charge on any atom is -0.339 e. The fourth-order valence-corrected chi connectivity index (χ4v) is 1.80. The average Bonchev–Trinajstić information content (AvgIpc) is 2.86. The standard InChI is InChI=1S/C11H9N5O/c17-10-5-6-16(7-11-12-14-15-13-11)9-4-2-1-3-8(9)10/h1-6H,7H2,(H,12,13,14,15). The molecule has 0 saturated heterocycles. The third kappa shape index (κ3) is 1.69. The van der Waals surface area contributed by atoms with Gasteiger partial charge in [0.2, 0.25) is 0 Å². The highest BCUT2D eigenvalue weighted by Gasteiger charge is 2.04. The number of nitrogens with one attached hydrogen (secondary N) is 1. The molecule has 0 spiro atoms. The van der Waals surface area contributed by atoms with E-state index < -0.39 is 0 Å². The number of hydrogen-bond acceptors (Lipinski definition) is 4. The van der Waals surface area contributed by atoms with E-state index in [1.54, 1.807) is 12.3 Å². The number of benzene rings is 1. The first-order valence-electron chi connectivity index (χ1n) is 5.15. The molecule has 0 aliphatic carbocycles. The first-order valence-corrected chi connectivity index (χ1v) is 5.15. The van der Waals surface area contributed by atoms with Crippen LogP contribution in [0.2, 0.25) is 0 Å². The lowest BCUT2D eigenvalue weighted by molar-refractivity contribution is 0.767. The molecule has 0 bridgehead atoms. The molecule has 0 aliphatic heterocycles. The van der Waals surface area contributed by atoms with Gasteiger partial charge in [-0.05, 0) is 12.1 Å². The van der Waals surface area contributed by atoms with Crippen LogP contribution < -0.4 is 5.43 Å². The number of aromatic amines is 1. The zero-order valence-electron chi connectivity index (χ0n) is 8.87. The maximum absolute atomic E-state index is 11.7. The second-order valence-electron chi connectivity index (χ2n) is 3.65. The van der Waals surface area contributed by atoms with Crippen molar-refractivity contribution >= 4 is 10.9 Å². The zero-order chi connectivity index (χ0) is 11.7. The first kappa shape index (κ1) is 9.71. The molecule has 1 N–H and O–H groups in total. The van der Waals surface area contributed by atoms with Crippen LogP contribution in [0.3, 0.4) is 0 Å². The van der Waals surface area contributed by atoms with E-state index >= 15 is 0 Å². The second-order valence-corrected chi connectivity index (χ2v) is 3.65. The number of nitrogens with zero attached hydrogens (tertiary/aromatic N) is 4. The lowest BCUT2D eigenvalue weighted by atomic mass is 10.2. The van der Waals surface area contributed by atoms with E-state index in [-0.39, 0.29) is 5.43 Å². The van der Waals surface area contributed by atoms with Crippen LogP contribution in [0.1, 0.15) is 5.82 Å². The molecule has 3 aromatic rings. The zero-order valence-corrected chi connectivity index (χ0v) is 8.87. The quantitative estimate of drug-likeness (QED) is 0.694. The van der Waals surface area contributed by atoms with Crippen molar-refractivity contribution < 1.29 is 0 Å². The summed E-state index contributed by atoms with van der Waals surface area (Å²) in [5.74, 6) is 0.582. The van der Waals surface area contributed by atoms with Gasteiger partial charge in [0.25, 0.3) is 0 Å². The topological polar surface area (TPSA) is 76.5 Å². The number of para-hydroxylation sites is 1. The normalized spacial score (nSPS) is 10.8. The summed E-state index contributed by atoms with van der Waals surface area (Å²) in [6, 6.07) is 9.00. The Bertz CT molecular complexity index is 701. The summed E-state index contributed by atoms with van der Waals surface area (Å²) in [7, 11) is 0. The van der Waals surface area contributed by atoms with E-state index in [2.05, 4.69) is 20.6 Å². The van der Waals surface area contributed by atoms with E-state index in [4.69, 9.17) is 0 Å². The highest BCUT2D eigenvalue weighted by atomic mass is 16.1. The largest absolute Gasteiger partial charge is 0.339 e. The van der Waals surface area contributed by atoms with E-state index in [1.807, 2.05) is 28.8 Å². The number of aromatic nitrogens is 5. The van der Waals surface area contributed by atoms with Gasteiger partial charge in [-0.15, -0.1) is 10.2 Å². The van der Waals surface area contributed by atoms with Crippen LogP contribution in [0.4, 0.5) is 0 Å². The van der Waals surface area contributed by atoms with Crippen molar-refractivity contribution in [3.05, 3.63) is 52.6 Å². The molecule has 6 heteroatoms. The molecule has 84 valence electrons. The molecule has 3 rings (SSSR count). The van der Waals surface area contributed by atoms with Crippen LogP contribution in [-0.2, 0) is 6.54 Å². The molecular weight excluding hydrogens is 218 g/mol. The number of rotatable bonds is 2. The number of tetrazole rings is 1. The molecule has 2 heterocycles. The predicted molar refractivity (Wildman–Crippen MR) is 61.5 cm³/mol. The molecule has 0 unspecified atom stereocenters. The third-order valence-electron chi connectivity index (χ3n) is 2.59. The lowest BCUT2D eigenvalue weighted by Gasteiger charge is -2.07. The molecule has 0 saturated carbocycles. The fraction of sp³-hybridized carbons (Fsp3) is 0.0909. The Balaban J connectivity index is 2.17. The summed E-state index contributed by atoms with van der Waals surface area (Å²) in [4.78, 5) is 11.7. The maximum atomic E-state index is 11.7. The molecule has 6 nitrogen and oxygen atoms in total. The average molecular weight is 227 g/mol. The minimum atomic E-state index is 0.0185. The second kappa shape index (κ2) is 3.82. The summed E-state index contributed by atoms with van der Waals surface area (Å²) in [6.45, 7) is 0.483. The Morgan fingerprint density at radius 2 is 2.12 bits per heavy atom. The molecule has 0 fully saturated rings. The van der Waals surface area contributed by atoms with E-state index in [9.17, 15) is 4.79 Å². The molecule has 17 heavy (non-hydrogen) atoms. The van der Waals surface area contributed by atoms with Gasteiger partial charge >= 0.3 is 0 Å². The summed E-state index contributed by atoms with van der Waals surface area (Å²) in [5, 5.41) is 14.4. The van der Waals surface area contributed by atoms with Gasteiger partial charge in [-0.3, -0.25) is 4.79 Å². The molecule has 0 aliphatic rings. The molecular formula is C11H9N5O. The molecule has 0 radical (unpaired) electrons. The molecule has 0 amide bonds. The predicted octanol–water partition coefficient (Wildman–Crippen LogP) is 0.563. The van der Waals surface area contributed by atoms with Gasteiger partial charge in [0, 0.05) is 17.6 Å². The van der Waals surface area contributed by atoms with Crippen molar-refractivity contribution in [2.75, 3.05) is 0 Å². The maximum Gasteiger partial charge on any atom is 0.194 e. The number of fused-ring (bicyclic) bond motifs is 1. The van der Waals surface area contributed by atoms with Gasteiger partial charge in [0.05, 0.1) is 12.1 Å². The Morgan fingerprint density at radius 3 is 2.94 bits per heavy atom. The van der Waals surface area contributed by atoms with Crippen molar-refractivity contribution in [2.45, 2.75) is 6.54 Å². The van der Waals surface area contributed by atoms with Crippen LogP contribution in [0.5, 0.6) is 0 Å². The van der Waals surface area contributed by atoms with Gasteiger partial charge < -0.3 is 4.57 Å². The highest BCUT2D eigenvalue weighted by Crippen LogP contribution is 2.10. The number of hydrogen-bond donors (Lipinski definition) is 1. The van der Waals surface area contributed by atoms with Gasteiger partial charge in [0.15, 0.2) is 11.3 Å². The van der Waals surface area contributed by atoms with Crippen molar-refractivity contribution in [2.24, 2.45) is 0 Å². The van der Waals surface area contributed by atoms with Crippen molar-refractivity contribution in [3.8, 4) is 0 Å². The first-order chi connectivity index (χ1) is 8.34. The van der Waals surface area contributed by atoms with Crippen molar-refractivity contribution in [3.63, 3.8) is 0 Å². The monoisotopic (exact) mass is 227 g/mol. The van der Waals surface area contributed by atoms with Crippen molar-refractivity contribution in [1.29, 1.82) is 0 Å². The van der Waals surface area contributed by atoms with E-state index in [0.29, 0.717) is 17.8 Å². The Labute approximate surface area is 95.9 Å². The van der Waals surface area contributed by atoms with Gasteiger partial charge in [-0.1, -0.05) is 17.3 Å². The summed E-state index contributed by atoms with van der Waals surface area (Å²) in [6.07, 6.45) is 1.74. The summed E-state index contributed by atoms with van der Waals surface area (Å²) >= 11 is 0. The number of pyridine rings is 1. The Morgan fingerprint density at radius 1 is 1.24 bits per heavy atom. The third-order valence-corrected chi connectivity index (χ3v) is 2.59. The van der Waals surface area contributed by atoms with Crippen molar-refractivity contribution in [1.82, 2.24) is 25.2 Å². The number of H-pyrrole nitrogens is 1. The Kier molecular flexibility index (Phi) is 2.18. The van der Waals surface area contributed by atoms with Gasteiger partial charge in [0.1, 0.15) is 0 Å². The van der Waals surface area contributed by atoms with E-state index in [1.165, 1.54) is 0 Å². The van der Waals surface area contributed by atoms with Crippen LogP contribution in [0, 0.1) is 0 Å². The fourth-order valence-electron chi connectivity index (χ4n) is 1.80. The minimum absolute atomic E-state index is 0.0185. The smallest absolute Gasteiger partial charge is 0.194 e. The molecule has 2 aromatic heterocycles. The van der Waals surface area contributed by atoms with Crippen LogP contribution in [0.15, 0.2) is 41.3 Å². The van der Waals surface area contributed by atoms with Gasteiger partial charge in [-0.2, -0.15) is 5.21 Å². The Hall–Kier alpha value is -2.50. The lowest BCUT2D eigenvalue weighted by Crippen LogP contribution is -2.09. The molecule has 0 atom stereocenters. The van der Waals surface area contributed by atoms with Gasteiger partial charge in [-0.25, -0.2) is 0 Å². The SMILES string of the molecule is O=c1ccn(Cc2nn[nH]n2)c2ccccc12.